The van der Waals surface area contributed by atoms with E-state index in [-0.39, 0.29) is 16.6 Å². The van der Waals surface area contributed by atoms with Crippen molar-refractivity contribution in [3.63, 3.8) is 0 Å². The monoisotopic (exact) mass is 246 g/mol. The Morgan fingerprint density at radius 1 is 1.00 bits per heavy atom. The Hall–Kier alpha value is -1.11. The van der Waals surface area contributed by atoms with E-state index in [2.05, 4.69) is 55.0 Å². The first-order valence-corrected chi connectivity index (χ1v) is 6.66. The Balaban J connectivity index is 3.28. The first kappa shape index (κ1) is 14.9. The smallest absolute Gasteiger partial charge is 0.186 e. The number of ketones is 1. The van der Waals surface area contributed by atoms with Gasteiger partial charge < -0.3 is 0 Å². The molecule has 0 heterocycles. The van der Waals surface area contributed by atoms with Crippen molar-refractivity contribution in [1.82, 2.24) is 0 Å². The van der Waals surface area contributed by atoms with Crippen LogP contribution in [0.4, 0.5) is 0 Å². The molecule has 0 N–H and O–H groups in total. The fraction of sp³-hybridized carbons (Fsp3) is 0.588. The quantitative estimate of drug-likeness (QED) is 0.690. The summed E-state index contributed by atoms with van der Waals surface area (Å²) in [5, 5.41) is 0. The maximum atomic E-state index is 12.7. The highest BCUT2D eigenvalue weighted by molar-refractivity contribution is 6.11. The maximum absolute atomic E-state index is 12.7. The van der Waals surface area contributed by atoms with E-state index in [9.17, 15) is 4.79 Å². The lowest BCUT2D eigenvalue weighted by molar-refractivity contribution is -0.114. The largest absolute Gasteiger partial charge is 0.289 e. The van der Waals surface area contributed by atoms with E-state index in [0.29, 0.717) is 5.92 Å². The second-order valence-corrected chi connectivity index (χ2v) is 7.15. The fourth-order valence-electron chi connectivity index (χ4n) is 2.04. The van der Waals surface area contributed by atoms with Gasteiger partial charge in [-0.05, 0) is 34.5 Å². The van der Waals surface area contributed by atoms with Gasteiger partial charge in [-0.2, -0.15) is 0 Å². The number of carbonyl (C=O) groups is 1. The highest BCUT2D eigenvalue weighted by atomic mass is 16.1. The van der Waals surface area contributed by atoms with Crippen LogP contribution >= 0.6 is 0 Å². The molecule has 100 valence electrons. The molecular weight excluding hydrogens is 220 g/mol. The lowest BCUT2D eigenvalue weighted by Gasteiger charge is -2.36. The number of hydrogen-bond acceptors (Lipinski definition) is 1. The van der Waals surface area contributed by atoms with Crippen LogP contribution in [-0.4, -0.2) is 5.78 Å². The van der Waals surface area contributed by atoms with Crippen molar-refractivity contribution in [2.45, 2.75) is 48.5 Å². The first-order chi connectivity index (χ1) is 7.98. The molecule has 0 radical (unpaired) electrons. The lowest BCUT2D eigenvalue weighted by Crippen LogP contribution is -2.32. The van der Waals surface area contributed by atoms with Gasteiger partial charge in [-0.3, -0.25) is 4.79 Å². The zero-order chi connectivity index (χ0) is 14.3. The molecule has 0 aliphatic heterocycles. The zero-order valence-corrected chi connectivity index (χ0v) is 12.8. The third kappa shape index (κ3) is 2.66. The van der Waals surface area contributed by atoms with E-state index >= 15 is 0 Å². The van der Waals surface area contributed by atoms with Gasteiger partial charge >= 0.3 is 0 Å². The SMILES string of the molecule is C=C1C=C(C(C)(C)C)C(=O)C(C(C)(C)C(C)C)=C1. The lowest BCUT2D eigenvalue weighted by atomic mass is 9.67. The van der Waals surface area contributed by atoms with Crippen molar-refractivity contribution in [2.24, 2.45) is 16.7 Å². The van der Waals surface area contributed by atoms with E-state index in [0.717, 1.165) is 16.7 Å². The molecule has 0 bridgehead atoms. The van der Waals surface area contributed by atoms with E-state index in [1.54, 1.807) is 0 Å². The van der Waals surface area contributed by atoms with E-state index in [1.165, 1.54) is 0 Å². The van der Waals surface area contributed by atoms with E-state index in [4.69, 9.17) is 0 Å². The molecule has 1 aliphatic rings. The Labute approximate surface area is 112 Å². The summed E-state index contributed by atoms with van der Waals surface area (Å²) >= 11 is 0. The van der Waals surface area contributed by atoms with Gasteiger partial charge in [0.1, 0.15) is 0 Å². The van der Waals surface area contributed by atoms with Crippen molar-refractivity contribution in [1.29, 1.82) is 0 Å². The summed E-state index contributed by atoms with van der Waals surface area (Å²) in [7, 11) is 0. The van der Waals surface area contributed by atoms with Gasteiger partial charge in [0.15, 0.2) is 5.78 Å². The normalized spacial score (nSPS) is 18.0. The van der Waals surface area contributed by atoms with Crippen LogP contribution in [0.2, 0.25) is 0 Å². The predicted molar refractivity (Wildman–Crippen MR) is 78.4 cm³/mol. The van der Waals surface area contributed by atoms with Crippen molar-refractivity contribution in [3.05, 3.63) is 35.5 Å². The number of Topliss-reactive ketones (excluding diaryl/α,β-unsaturated/α-hetero) is 1. The molecule has 0 saturated carbocycles. The van der Waals surface area contributed by atoms with E-state index in [1.807, 2.05) is 12.2 Å². The van der Waals surface area contributed by atoms with Gasteiger partial charge in [0.2, 0.25) is 0 Å². The van der Waals surface area contributed by atoms with Crippen LogP contribution in [0.3, 0.4) is 0 Å². The van der Waals surface area contributed by atoms with Crippen LogP contribution in [0.5, 0.6) is 0 Å². The molecule has 0 spiro atoms. The molecular formula is C17H26O. The summed E-state index contributed by atoms with van der Waals surface area (Å²) in [6.07, 6.45) is 3.89. The van der Waals surface area contributed by atoms with Gasteiger partial charge in [0.05, 0.1) is 0 Å². The second-order valence-electron chi connectivity index (χ2n) is 7.15. The van der Waals surface area contributed by atoms with E-state index < -0.39 is 0 Å². The minimum absolute atomic E-state index is 0.120. The van der Waals surface area contributed by atoms with Crippen LogP contribution in [-0.2, 0) is 4.79 Å². The molecule has 1 nitrogen and oxygen atoms in total. The van der Waals surface area contributed by atoms with Gasteiger partial charge in [-0.1, -0.05) is 55.0 Å². The van der Waals surface area contributed by atoms with Crippen molar-refractivity contribution >= 4 is 5.78 Å². The molecule has 0 amide bonds. The van der Waals surface area contributed by atoms with Gasteiger partial charge in [0.25, 0.3) is 0 Å². The summed E-state index contributed by atoms with van der Waals surface area (Å²) in [4.78, 5) is 12.7. The third-order valence-corrected chi connectivity index (χ3v) is 4.09. The molecule has 1 aliphatic carbocycles. The summed E-state index contributed by atoms with van der Waals surface area (Å²) < 4.78 is 0. The van der Waals surface area contributed by atoms with Gasteiger partial charge in [0, 0.05) is 11.1 Å². The van der Waals surface area contributed by atoms with Crippen molar-refractivity contribution in [3.8, 4) is 0 Å². The first-order valence-electron chi connectivity index (χ1n) is 6.66. The van der Waals surface area contributed by atoms with Crippen LogP contribution in [0, 0.1) is 16.7 Å². The molecule has 0 fully saturated rings. The summed E-state index contributed by atoms with van der Waals surface area (Å²) in [5.41, 5.74) is 2.45. The predicted octanol–water partition coefficient (Wildman–Crippen LogP) is 4.71. The second kappa shape index (κ2) is 4.53. The van der Waals surface area contributed by atoms with Crippen LogP contribution < -0.4 is 0 Å². The summed E-state index contributed by atoms with van der Waals surface area (Å²) in [6.45, 7) is 18.9. The van der Waals surface area contributed by atoms with Crippen molar-refractivity contribution in [2.75, 3.05) is 0 Å². The highest BCUT2D eigenvalue weighted by Crippen LogP contribution is 2.42. The number of rotatable bonds is 2. The average Bonchev–Trinajstić information content (AvgIpc) is 2.18. The van der Waals surface area contributed by atoms with Crippen LogP contribution in [0.15, 0.2) is 35.5 Å². The minimum Gasteiger partial charge on any atom is -0.289 e. The Morgan fingerprint density at radius 2 is 1.44 bits per heavy atom. The van der Waals surface area contributed by atoms with Crippen molar-refractivity contribution < 1.29 is 4.79 Å². The molecule has 0 saturated heterocycles. The Kier molecular flexibility index (Phi) is 3.76. The maximum Gasteiger partial charge on any atom is 0.186 e. The van der Waals surface area contributed by atoms with Gasteiger partial charge in [-0.15, -0.1) is 0 Å². The molecule has 0 aromatic rings. The topological polar surface area (TPSA) is 17.1 Å². The van der Waals surface area contributed by atoms with Gasteiger partial charge in [-0.25, -0.2) is 0 Å². The van der Waals surface area contributed by atoms with Crippen LogP contribution in [0.1, 0.15) is 48.5 Å². The minimum atomic E-state index is -0.132. The Bertz CT molecular complexity index is 437. The summed E-state index contributed by atoms with van der Waals surface area (Å²) in [5.74, 6) is 0.605. The zero-order valence-electron chi connectivity index (χ0n) is 12.8. The summed E-state index contributed by atoms with van der Waals surface area (Å²) in [6, 6.07) is 0. The number of carbonyl (C=O) groups excluding carboxylic acids is 1. The van der Waals surface area contributed by atoms with Crippen LogP contribution in [0.25, 0.3) is 0 Å². The highest BCUT2D eigenvalue weighted by Gasteiger charge is 2.37. The molecule has 1 rings (SSSR count). The molecule has 1 heteroatoms. The molecule has 0 aromatic heterocycles. The molecule has 0 atom stereocenters. The molecule has 0 unspecified atom stereocenters. The molecule has 0 aromatic carbocycles. The number of allylic oxidation sites excluding steroid dienone is 5. The molecule has 18 heavy (non-hydrogen) atoms. The third-order valence-electron chi connectivity index (χ3n) is 4.09. The fourth-order valence-corrected chi connectivity index (χ4v) is 2.04. The Morgan fingerprint density at radius 3 is 1.83 bits per heavy atom. The average molecular weight is 246 g/mol. The number of hydrogen-bond donors (Lipinski definition) is 0. The standard InChI is InChI=1S/C17H26O/c1-11(2)17(7,8)14-10-12(3)9-13(15(14)18)16(4,5)6/h9-11H,3H2,1-2,4-8H3.